The van der Waals surface area contributed by atoms with Gasteiger partial charge in [0.15, 0.2) is 5.78 Å². The van der Waals surface area contributed by atoms with Gasteiger partial charge in [-0.1, -0.05) is 0 Å². The van der Waals surface area contributed by atoms with Gasteiger partial charge in [-0.25, -0.2) is 0 Å². The molecular weight excluding hydrogens is 392 g/mol. The van der Waals surface area contributed by atoms with Crippen molar-refractivity contribution in [3.63, 3.8) is 0 Å². The number of cyclic esters (lactones) is 1. The maximum atomic E-state index is 13.3. The number of hydrogen-bond acceptors (Lipinski definition) is 8. The average Bonchev–Trinajstić information content (AvgIpc) is 3.38. The molecule has 30 heavy (non-hydrogen) atoms. The normalized spacial score (nSPS) is 26.1. The summed E-state index contributed by atoms with van der Waals surface area (Å²) in [6, 6.07) is 1.70. The van der Waals surface area contributed by atoms with Crippen LogP contribution in [-0.2, 0) is 41.5 Å². The van der Waals surface area contributed by atoms with Crippen LogP contribution in [0.5, 0.6) is 0 Å². The van der Waals surface area contributed by atoms with Gasteiger partial charge in [0.05, 0.1) is 25.2 Å². The molecule has 158 valence electrons. The van der Waals surface area contributed by atoms with Crippen molar-refractivity contribution in [1.82, 2.24) is 0 Å². The number of hydrogen-bond donors (Lipinski definition) is 0. The molecule has 4 rings (SSSR count). The molecular formula is C22H22O8. The monoisotopic (exact) mass is 414 g/mol. The van der Waals surface area contributed by atoms with Gasteiger partial charge in [0.25, 0.3) is 0 Å². The van der Waals surface area contributed by atoms with Gasteiger partial charge in [0.1, 0.15) is 29.2 Å². The maximum absolute atomic E-state index is 13.3. The number of rotatable bonds is 4. The number of fused-ring (bicyclic) bond motifs is 1. The first-order valence-corrected chi connectivity index (χ1v) is 9.82. The Morgan fingerprint density at radius 2 is 2.03 bits per heavy atom. The molecule has 0 aromatic carbocycles. The van der Waals surface area contributed by atoms with E-state index < -0.39 is 29.6 Å². The minimum Gasteiger partial charge on any atom is -0.472 e. The fraction of sp³-hybridized carbons (Fsp3) is 0.455. The molecule has 0 saturated carbocycles. The number of ether oxygens (including phenoxy) is 2. The second kappa shape index (κ2) is 7.59. The summed E-state index contributed by atoms with van der Waals surface area (Å²) >= 11 is 0. The van der Waals surface area contributed by atoms with Crippen LogP contribution in [0.2, 0.25) is 0 Å². The fourth-order valence-corrected chi connectivity index (χ4v) is 4.36. The topological polar surface area (TPSA) is 113 Å². The highest BCUT2D eigenvalue weighted by Crippen LogP contribution is 2.49. The summed E-state index contributed by atoms with van der Waals surface area (Å²) in [6.45, 7) is 2.73. The van der Waals surface area contributed by atoms with Crippen molar-refractivity contribution in [2.75, 3.05) is 0 Å². The van der Waals surface area contributed by atoms with E-state index >= 15 is 0 Å². The van der Waals surface area contributed by atoms with Gasteiger partial charge in [-0.15, -0.1) is 0 Å². The van der Waals surface area contributed by atoms with Gasteiger partial charge in [0.2, 0.25) is 0 Å². The molecule has 1 aliphatic heterocycles. The zero-order valence-electron chi connectivity index (χ0n) is 16.8. The van der Waals surface area contributed by atoms with Crippen LogP contribution in [0.25, 0.3) is 0 Å². The molecule has 1 aliphatic carbocycles. The summed E-state index contributed by atoms with van der Waals surface area (Å²) in [4.78, 5) is 49.6. The third-order valence-electron chi connectivity index (χ3n) is 5.81. The predicted octanol–water partition coefficient (Wildman–Crippen LogP) is 3.19. The summed E-state index contributed by atoms with van der Waals surface area (Å²) in [7, 11) is 0. The standard InChI is InChI=1S/C22H22O8/c1-12(23)7-18-15-8-22(9-19(30-21(22)26)14-5-6-27-10-14)20(25)4-3-17(29-13(2)24)16(15)11-28-18/h5-6,10-11,17,19H,3-4,7-9H2,1-2H3/t17-,19?,22-/m0/s1. The van der Waals surface area contributed by atoms with E-state index in [2.05, 4.69) is 0 Å². The quantitative estimate of drug-likeness (QED) is 0.554. The lowest BCUT2D eigenvalue weighted by molar-refractivity contribution is -0.155. The molecule has 0 amide bonds. The zero-order valence-corrected chi connectivity index (χ0v) is 16.8. The largest absolute Gasteiger partial charge is 0.472 e. The predicted molar refractivity (Wildman–Crippen MR) is 100 cm³/mol. The Morgan fingerprint density at radius 1 is 1.23 bits per heavy atom. The molecule has 3 heterocycles. The van der Waals surface area contributed by atoms with E-state index in [1.54, 1.807) is 6.07 Å². The smallest absolute Gasteiger partial charge is 0.320 e. The minimum absolute atomic E-state index is 0.0204. The lowest BCUT2D eigenvalue weighted by Gasteiger charge is -2.28. The van der Waals surface area contributed by atoms with Crippen LogP contribution in [0, 0.1) is 5.41 Å². The number of Topliss-reactive ketones (excluding diaryl/α,β-unsaturated/α-hetero) is 2. The van der Waals surface area contributed by atoms with Crippen LogP contribution in [0.15, 0.2) is 33.7 Å². The minimum atomic E-state index is -1.38. The van der Waals surface area contributed by atoms with E-state index in [-0.39, 0.29) is 43.7 Å². The molecule has 2 aromatic rings. The Labute approximate surface area is 172 Å². The second-order valence-electron chi connectivity index (χ2n) is 7.95. The number of furan rings is 2. The van der Waals surface area contributed by atoms with Crippen molar-refractivity contribution in [2.24, 2.45) is 5.41 Å². The first-order valence-electron chi connectivity index (χ1n) is 9.82. The van der Waals surface area contributed by atoms with Crippen LogP contribution < -0.4 is 0 Å². The number of esters is 2. The highest BCUT2D eigenvalue weighted by molar-refractivity contribution is 6.05. The summed E-state index contributed by atoms with van der Waals surface area (Å²) in [5.41, 5.74) is 0.458. The zero-order chi connectivity index (χ0) is 21.5. The molecule has 1 unspecified atom stereocenters. The van der Waals surface area contributed by atoms with Crippen LogP contribution in [0.3, 0.4) is 0 Å². The van der Waals surface area contributed by atoms with E-state index in [0.717, 1.165) is 0 Å². The van der Waals surface area contributed by atoms with Gasteiger partial charge in [-0.3, -0.25) is 19.2 Å². The Morgan fingerprint density at radius 3 is 2.70 bits per heavy atom. The summed E-state index contributed by atoms with van der Waals surface area (Å²) in [5, 5.41) is 0. The molecule has 0 N–H and O–H groups in total. The molecule has 0 radical (unpaired) electrons. The molecule has 8 nitrogen and oxygen atoms in total. The van der Waals surface area contributed by atoms with E-state index in [9.17, 15) is 19.2 Å². The van der Waals surface area contributed by atoms with E-state index in [1.165, 1.54) is 32.6 Å². The second-order valence-corrected chi connectivity index (χ2v) is 7.95. The van der Waals surface area contributed by atoms with E-state index in [1.807, 2.05) is 0 Å². The molecule has 8 heteroatoms. The maximum Gasteiger partial charge on any atom is 0.320 e. The third kappa shape index (κ3) is 3.46. The summed E-state index contributed by atoms with van der Waals surface area (Å²) in [6.07, 6.45) is 3.67. The average molecular weight is 414 g/mol. The van der Waals surface area contributed by atoms with Crippen LogP contribution in [0.4, 0.5) is 0 Å². The van der Waals surface area contributed by atoms with Gasteiger partial charge in [-0.05, 0) is 25.8 Å². The summed E-state index contributed by atoms with van der Waals surface area (Å²) < 4.78 is 21.7. The Hall–Kier alpha value is -3.16. The van der Waals surface area contributed by atoms with Crippen molar-refractivity contribution in [2.45, 2.75) is 58.2 Å². The molecule has 1 spiro atoms. The first kappa shape index (κ1) is 20.1. The number of carbonyl (C=O) groups is 4. The van der Waals surface area contributed by atoms with Crippen molar-refractivity contribution in [1.29, 1.82) is 0 Å². The van der Waals surface area contributed by atoms with E-state index in [0.29, 0.717) is 22.5 Å². The Kier molecular flexibility index (Phi) is 5.09. The Balaban J connectivity index is 1.76. The first-order chi connectivity index (χ1) is 14.3. The SMILES string of the molecule is CC(=O)Cc1occ2c1C[C@]1(CC(c3ccoc3)OC1=O)C(=O)CC[C@@H]2OC(C)=O. The number of carbonyl (C=O) groups excluding carboxylic acids is 4. The Bertz CT molecular complexity index is 999. The van der Waals surface area contributed by atoms with Gasteiger partial charge < -0.3 is 18.3 Å². The van der Waals surface area contributed by atoms with Crippen LogP contribution in [0.1, 0.15) is 67.8 Å². The lowest BCUT2D eigenvalue weighted by Crippen LogP contribution is -2.40. The molecule has 2 aliphatic rings. The van der Waals surface area contributed by atoms with Crippen molar-refractivity contribution in [3.8, 4) is 0 Å². The highest BCUT2D eigenvalue weighted by atomic mass is 16.6. The molecule has 0 bridgehead atoms. The lowest BCUT2D eigenvalue weighted by atomic mass is 9.71. The van der Waals surface area contributed by atoms with Crippen molar-refractivity contribution in [3.05, 3.63) is 47.3 Å². The van der Waals surface area contributed by atoms with Crippen LogP contribution >= 0.6 is 0 Å². The van der Waals surface area contributed by atoms with E-state index in [4.69, 9.17) is 18.3 Å². The highest BCUT2D eigenvalue weighted by Gasteiger charge is 2.56. The molecule has 3 atom stereocenters. The molecule has 2 aromatic heterocycles. The van der Waals surface area contributed by atoms with Gasteiger partial charge in [0, 0.05) is 36.5 Å². The summed E-state index contributed by atoms with van der Waals surface area (Å²) in [5.74, 6) is -1.09. The molecule has 1 saturated heterocycles. The van der Waals surface area contributed by atoms with Crippen molar-refractivity contribution < 1.29 is 37.5 Å². The van der Waals surface area contributed by atoms with Crippen molar-refractivity contribution >= 4 is 23.5 Å². The fourth-order valence-electron chi connectivity index (χ4n) is 4.36. The van der Waals surface area contributed by atoms with Gasteiger partial charge in [-0.2, -0.15) is 0 Å². The molecule has 1 fully saturated rings. The number of ketones is 2. The van der Waals surface area contributed by atoms with Gasteiger partial charge >= 0.3 is 11.9 Å². The third-order valence-corrected chi connectivity index (χ3v) is 5.81. The van der Waals surface area contributed by atoms with Crippen LogP contribution in [-0.4, -0.2) is 23.5 Å².